The Hall–Kier alpha value is -3.82. The standard InChI is InChI=1S/C32H42N2O7/c1-22-28(30(36)37)32(26-16-10-11-17-27(26)40-4,29(31(38)39)23(2)34(22)3)18-12-5-6-13-19-33-20-24(35)21-41-25-14-8-7-9-15-25/h7-11,14-17,24,33,35H,5-6,12-13,18-21H2,1-4H3,(H,36,37)(H,38,39). The first kappa shape index (κ1) is 31.7. The number of aliphatic hydroxyl groups is 1. The number of methoxy groups -OCH3 is 1. The van der Waals surface area contributed by atoms with Crippen molar-refractivity contribution in [3.05, 3.63) is 82.7 Å². The van der Waals surface area contributed by atoms with Gasteiger partial charge in [-0.2, -0.15) is 0 Å². The maximum absolute atomic E-state index is 12.8. The maximum Gasteiger partial charge on any atom is 0.334 e. The summed E-state index contributed by atoms with van der Waals surface area (Å²) in [6, 6.07) is 16.4. The van der Waals surface area contributed by atoms with Crippen LogP contribution in [0.4, 0.5) is 0 Å². The highest BCUT2D eigenvalue weighted by Gasteiger charge is 2.52. The number of hydrogen-bond donors (Lipinski definition) is 4. The number of carboxylic acids is 2. The zero-order valence-corrected chi connectivity index (χ0v) is 24.4. The van der Waals surface area contributed by atoms with Crippen LogP contribution in [0.5, 0.6) is 11.5 Å². The van der Waals surface area contributed by atoms with Crippen molar-refractivity contribution in [2.45, 2.75) is 57.5 Å². The van der Waals surface area contributed by atoms with Crippen molar-refractivity contribution in [3.8, 4) is 11.5 Å². The minimum absolute atomic E-state index is 0.0564. The van der Waals surface area contributed by atoms with Gasteiger partial charge in [0, 0.05) is 30.5 Å². The van der Waals surface area contributed by atoms with Crippen LogP contribution in [0.2, 0.25) is 0 Å². The minimum atomic E-state index is -1.38. The van der Waals surface area contributed by atoms with E-state index in [-0.39, 0.29) is 17.8 Å². The van der Waals surface area contributed by atoms with E-state index in [1.54, 1.807) is 50.1 Å². The number of rotatable bonds is 16. The predicted octanol–water partition coefficient (Wildman–Crippen LogP) is 4.58. The van der Waals surface area contributed by atoms with Crippen molar-refractivity contribution in [1.29, 1.82) is 0 Å². The number of nitrogens with zero attached hydrogens (tertiary/aromatic N) is 1. The van der Waals surface area contributed by atoms with Gasteiger partial charge in [0.15, 0.2) is 0 Å². The van der Waals surface area contributed by atoms with Crippen LogP contribution in [-0.2, 0) is 15.0 Å². The molecule has 0 fully saturated rings. The molecule has 3 rings (SSSR count). The topological polar surface area (TPSA) is 129 Å². The van der Waals surface area contributed by atoms with Gasteiger partial charge in [-0.1, -0.05) is 55.7 Å². The number of hydrogen-bond acceptors (Lipinski definition) is 7. The number of carbonyl (C=O) groups is 2. The normalized spacial score (nSPS) is 15.6. The summed E-state index contributed by atoms with van der Waals surface area (Å²) < 4.78 is 11.2. The van der Waals surface area contributed by atoms with Crippen LogP contribution in [0.1, 0.15) is 51.5 Å². The Bertz CT molecular complexity index is 1220. The smallest absolute Gasteiger partial charge is 0.334 e. The highest BCUT2D eigenvalue weighted by atomic mass is 16.5. The average molecular weight is 567 g/mol. The molecule has 0 spiro atoms. The van der Waals surface area contributed by atoms with Crippen LogP contribution >= 0.6 is 0 Å². The van der Waals surface area contributed by atoms with Gasteiger partial charge in [-0.05, 0) is 51.4 Å². The maximum atomic E-state index is 12.8. The molecule has 1 heterocycles. The highest BCUT2D eigenvalue weighted by molar-refractivity contribution is 6.01. The van der Waals surface area contributed by atoms with E-state index >= 15 is 0 Å². The third kappa shape index (κ3) is 7.28. The SMILES string of the molecule is COc1ccccc1C1(CCCCCCNCC(O)COc2ccccc2)C(C(=O)O)=C(C)N(C)C(C)=C1C(=O)O. The third-order valence-electron chi connectivity index (χ3n) is 7.80. The molecule has 1 atom stereocenters. The molecular formula is C32H42N2O7. The van der Waals surface area contributed by atoms with Crippen LogP contribution in [0, 0.1) is 0 Å². The molecule has 0 saturated carbocycles. The molecule has 0 saturated heterocycles. The summed E-state index contributed by atoms with van der Waals surface area (Å²) in [7, 11) is 3.20. The van der Waals surface area contributed by atoms with Crippen molar-refractivity contribution < 1.29 is 34.4 Å². The number of unbranched alkanes of at least 4 members (excludes halogenated alkanes) is 3. The van der Waals surface area contributed by atoms with E-state index in [0.29, 0.717) is 54.4 Å². The van der Waals surface area contributed by atoms with E-state index in [9.17, 15) is 24.9 Å². The molecule has 2 aromatic carbocycles. The van der Waals surface area contributed by atoms with E-state index in [1.807, 2.05) is 30.3 Å². The zero-order chi connectivity index (χ0) is 30.0. The monoisotopic (exact) mass is 566 g/mol. The second-order valence-electron chi connectivity index (χ2n) is 10.3. The van der Waals surface area contributed by atoms with Crippen LogP contribution in [0.15, 0.2) is 77.1 Å². The number of nitrogens with one attached hydrogen (secondary N) is 1. The van der Waals surface area contributed by atoms with Gasteiger partial charge in [0.25, 0.3) is 0 Å². The number of aliphatic hydroxyl groups excluding tert-OH is 1. The molecule has 1 aliphatic heterocycles. The summed E-state index contributed by atoms with van der Waals surface area (Å²) in [4.78, 5) is 27.2. The number of benzene rings is 2. The fourth-order valence-corrected chi connectivity index (χ4v) is 5.69. The molecule has 4 N–H and O–H groups in total. The molecule has 1 unspecified atom stereocenters. The minimum Gasteiger partial charge on any atom is -0.496 e. The zero-order valence-electron chi connectivity index (χ0n) is 24.4. The van der Waals surface area contributed by atoms with Gasteiger partial charge in [0.1, 0.15) is 24.2 Å². The molecule has 9 heteroatoms. The molecule has 0 amide bonds. The van der Waals surface area contributed by atoms with Crippen LogP contribution in [0.25, 0.3) is 0 Å². The molecule has 1 aliphatic rings. The summed E-state index contributed by atoms with van der Waals surface area (Å²) in [5, 5.41) is 34.3. The lowest BCUT2D eigenvalue weighted by Crippen LogP contribution is -2.45. The number of carboxylic acid groups (broad SMARTS) is 2. The van der Waals surface area contributed by atoms with Gasteiger partial charge in [-0.3, -0.25) is 0 Å². The Balaban J connectivity index is 1.68. The van der Waals surface area contributed by atoms with Crippen LogP contribution in [0.3, 0.4) is 0 Å². The number of aliphatic carboxylic acids is 2. The van der Waals surface area contributed by atoms with Gasteiger partial charge in [-0.15, -0.1) is 0 Å². The molecule has 2 aromatic rings. The van der Waals surface area contributed by atoms with Gasteiger partial charge >= 0.3 is 11.9 Å². The van der Waals surface area contributed by atoms with E-state index < -0.39 is 23.5 Å². The van der Waals surface area contributed by atoms with Crippen LogP contribution < -0.4 is 14.8 Å². The van der Waals surface area contributed by atoms with Crippen LogP contribution in [-0.4, -0.2) is 72.1 Å². The summed E-state index contributed by atoms with van der Waals surface area (Å²) in [6.07, 6.45) is 2.80. The molecule has 0 aliphatic carbocycles. The number of allylic oxidation sites excluding steroid dienone is 2. The highest BCUT2D eigenvalue weighted by Crippen LogP contribution is 2.52. The first-order valence-electron chi connectivity index (χ1n) is 14.0. The third-order valence-corrected chi connectivity index (χ3v) is 7.80. The van der Waals surface area contributed by atoms with Crippen molar-refractivity contribution in [3.63, 3.8) is 0 Å². The predicted molar refractivity (Wildman–Crippen MR) is 157 cm³/mol. The fourth-order valence-electron chi connectivity index (χ4n) is 5.69. The van der Waals surface area contributed by atoms with Crippen molar-refractivity contribution >= 4 is 11.9 Å². The Kier molecular flexibility index (Phi) is 11.4. The fraction of sp³-hybridized carbons (Fsp3) is 0.438. The summed E-state index contributed by atoms with van der Waals surface area (Å²) in [5.74, 6) is -1.13. The molecular weight excluding hydrogens is 524 g/mol. The lowest BCUT2D eigenvalue weighted by molar-refractivity contribution is -0.134. The average Bonchev–Trinajstić information content (AvgIpc) is 2.96. The van der Waals surface area contributed by atoms with Gasteiger partial charge in [0.2, 0.25) is 0 Å². The Morgan fingerprint density at radius 1 is 0.902 bits per heavy atom. The summed E-state index contributed by atoms with van der Waals surface area (Å²) >= 11 is 0. The first-order chi connectivity index (χ1) is 19.6. The largest absolute Gasteiger partial charge is 0.496 e. The number of para-hydroxylation sites is 2. The van der Waals surface area contributed by atoms with E-state index in [1.165, 1.54) is 7.11 Å². The van der Waals surface area contributed by atoms with E-state index in [2.05, 4.69) is 5.32 Å². The lowest BCUT2D eigenvalue weighted by Gasteiger charge is -2.44. The Morgan fingerprint density at radius 3 is 2.10 bits per heavy atom. The van der Waals surface area contributed by atoms with Crippen molar-refractivity contribution in [2.75, 3.05) is 33.9 Å². The molecule has 222 valence electrons. The van der Waals surface area contributed by atoms with Gasteiger partial charge in [0.05, 0.1) is 23.7 Å². The molecule has 41 heavy (non-hydrogen) atoms. The first-order valence-corrected chi connectivity index (χ1v) is 14.0. The molecule has 0 radical (unpaired) electrons. The summed E-state index contributed by atoms with van der Waals surface area (Å²) in [6.45, 7) is 4.77. The number of ether oxygens (including phenoxy) is 2. The molecule has 0 aromatic heterocycles. The second-order valence-corrected chi connectivity index (χ2v) is 10.3. The molecule has 9 nitrogen and oxygen atoms in total. The van der Waals surface area contributed by atoms with Crippen molar-refractivity contribution in [1.82, 2.24) is 10.2 Å². The van der Waals surface area contributed by atoms with Gasteiger partial charge < -0.3 is 35.0 Å². The molecule has 0 bridgehead atoms. The van der Waals surface area contributed by atoms with Gasteiger partial charge in [-0.25, -0.2) is 9.59 Å². The lowest BCUT2D eigenvalue weighted by atomic mass is 9.62. The quantitative estimate of drug-likeness (QED) is 0.216. The second kappa shape index (κ2) is 14.7. The van der Waals surface area contributed by atoms with E-state index in [4.69, 9.17) is 9.47 Å². The Labute approximate surface area is 242 Å². The van der Waals surface area contributed by atoms with Crippen molar-refractivity contribution in [2.24, 2.45) is 0 Å². The van der Waals surface area contributed by atoms with E-state index in [0.717, 1.165) is 19.3 Å². The Morgan fingerprint density at radius 2 is 1.49 bits per heavy atom. The summed E-state index contributed by atoms with van der Waals surface area (Å²) in [5.41, 5.74) is 0.278.